The minimum Gasteiger partial charge on any atom is -0.444 e. The third-order valence-corrected chi connectivity index (χ3v) is 3.66. The maximum atomic E-state index is 12.0. The van der Waals surface area contributed by atoms with E-state index in [2.05, 4.69) is 11.8 Å². The van der Waals surface area contributed by atoms with Gasteiger partial charge in [-0.15, -0.1) is 0 Å². The molecule has 2 rings (SSSR count). The molecule has 3 heteroatoms. The molecule has 1 amide bonds. The van der Waals surface area contributed by atoms with Gasteiger partial charge in [0.2, 0.25) is 0 Å². The van der Waals surface area contributed by atoms with Crippen molar-refractivity contribution in [3.05, 3.63) is 35.9 Å². The Bertz CT molecular complexity index is 540. The topological polar surface area (TPSA) is 29.5 Å². The largest absolute Gasteiger partial charge is 0.444 e. The molecule has 0 N–H and O–H groups in total. The second-order valence-electron chi connectivity index (χ2n) is 6.78. The second-order valence-corrected chi connectivity index (χ2v) is 6.78. The van der Waals surface area contributed by atoms with Crippen LogP contribution in [0.2, 0.25) is 0 Å². The fourth-order valence-electron chi connectivity index (χ4n) is 2.47. The molecule has 118 valence electrons. The number of hydrogen-bond donors (Lipinski definition) is 0. The van der Waals surface area contributed by atoms with E-state index < -0.39 is 5.60 Å². The Labute approximate surface area is 133 Å². The lowest BCUT2D eigenvalue weighted by Gasteiger charge is -2.32. The van der Waals surface area contributed by atoms with E-state index in [0.29, 0.717) is 5.92 Å². The van der Waals surface area contributed by atoms with Crippen LogP contribution in [-0.2, 0) is 4.74 Å². The van der Waals surface area contributed by atoms with Crippen molar-refractivity contribution in [3.63, 3.8) is 0 Å². The van der Waals surface area contributed by atoms with Crippen LogP contribution in [0.4, 0.5) is 4.79 Å². The highest BCUT2D eigenvalue weighted by Gasteiger charge is 2.26. The molecule has 0 unspecified atom stereocenters. The third kappa shape index (κ3) is 5.44. The van der Waals surface area contributed by atoms with Gasteiger partial charge in [0, 0.05) is 25.1 Å². The first-order chi connectivity index (χ1) is 10.4. The smallest absolute Gasteiger partial charge is 0.410 e. The van der Waals surface area contributed by atoms with Crippen molar-refractivity contribution in [2.75, 3.05) is 13.1 Å². The molecule has 3 nitrogen and oxygen atoms in total. The predicted molar refractivity (Wildman–Crippen MR) is 88.5 cm³/mol. The van der Waals surface area contributed by atoms with Gasteiger partial charge < -0.3 is 9.64 Å². The number of ether oxygens (including phenoxy) is 1. The van der Waals surface area contributed by atoms with Crippen molar-refractivity contribution in [3.8, 4) is 11.8 Å². The molecule has 0 aliphatic carbocycles. The fourth-order valence-corrected chi connectivity index (χ4v) is 2.47. The average Bonchev–Trinajstić information content (AvgIpc) is 2.47. The van der Waals surface area contributed by atoms with E-state index in [1.165, 1.54) is 0 Å². The molecule has 0 aromatic heterocycles. The van der Waals surface area contributed by atoms with Gasteiger partial charge in [-0.1, -0.05) is 30.0 Å². The highest BCUT2D eigenvalue weighted by atomic mass is 16.6. The van der Waals surface area contributed by atoms with Crippen molar-refractivity contribution >= 4 is 6.09 Å². The Hall–Kier alpha value is -1.95. The average molecular weight is 299 g/mol. The Morgan fingerprint density at radius 3 is 2.45 bits per heavy atom. The summed E-state index contributed by atoms with van der Waals surface area (Å²) in [5.41, 5.74) is 0.642. The molecule has 1 aliphatic rings. The molecule has 1 aromatic carbocycles. The molecule has 22 heavy (non-hydrogen) atoms. The molecule has 0 spiro atoms. The van der Waals surface area contributed by atoms with Crippen LogP contribution in [0, 0.1) is 17.8 Å². The summed E-state index contributed by atoms with van der Waals surface area (Å²) < 4.78 is 5.41. The lowest BCUT2D eigenvalue weighted by Crippen LogP contribution is -2.41. The summed E-state index contributed by atoms with van der Waals surface area (Å²) in [5.74, 6) is 7.05. The van der Waals surface area contributed by atoms with Crippen LogP contribution in [0.3, 0.4) is 0 Å². The first-order valence-electron chi connectivity index (χ1n) is 7.96. The first kappa shape index (κ1) is 16.4. The zero-order chi connectivity index (χ0) is 16.0. The van der Waals surface area contributed by atoms with Gasteiger partial charge in [0.15, 0.2) is 0 Å². The number of benzene rings is 1. The monoisotopic (exact) mass is 299 g/mol. The molecular formula is C19H25NO2. The first-order valence-corrected chi connectivity index (χ1v) is 7.96. The Balaban J connectivity index is 1.76. The van der Waals surface area contributed by atoms with Crippen LogP contribution in [0.15, 0.2) is 30.3 Å². The highest BCUT2D eigenvalue weighted by molar-refractivity contribution is 5.68. The van der Waals surface area contributed by atoms with Gasteiger partial charge in [0.25, 0.3) is 0 Å². The Morgan fingerprint density at radius 1 is 1.23 bits per heavy atom. The number of amides is 1. The Kier molecular flexibility index (Phi) is 5.49. The minimum absolute atomic E-state index is 0.193. The van der Waals surface area contributed by atoms with Crippen LogP contribution < -0.4 is 0 Å². The summed E-state index contributed by atoms with van der Waals surface area (Å²) in [6.45, 7) is 7.24. The summed E-state index contributed by atoms with van der Waals surface area (Å²) >= 11 is 0. The van der Waals surface area contributed by atoms with Crippen LogP contribution in [0.25, 0.3) is 0 Å². The summed E-state index contributed by atoms with van der Waals surface area (Å²) in [5, 5.41) is 0. The van der Waals surface area contributed by atoms with Crippen LogP contribution in [-0.4, -0.2) is 29.7 Å². The highest BCUT2D eigenvalue weighted by Crippen LogP contribution is 2.21. The number of carbonyl (C=O) groups is 1. The maximum absolute atomic E-state index is 12.0. The fraction of sp³-hybridized carbons (Fsp3) is 0.526. The van der Waals surface area contributed by atoms with Crippen LogP contribution in [0.1, 0.15) is 45.6 Å². The SMILES string of the molecule is CC(C)(C)OC(=O)N1CCC(CC#Cc2ccccc2)CC1. The van der Waals surface area contributed by atoms with Gasteiger partial charge >= 0.3 is 6.09 Å². The zero-order valence-corrected chi connectivity index (χ0v) is 13.8. The van der Waals surface area contributed by atoms with Gasteiger partial charge in [-0.25, -0.2) is 4.79 Å². The predicted octanol–water partition coefficient (Wildman–Crippen LogP) is 4.08. The van der Waals surface area contributed by atoms with Crippen molar-refractivity contribution < 1.29 is 9.53 Å². The molecule has 0 radical (unpaired) electrons. The van der Waals surface area contributed by atoms with E-state index in [9.17, 15) is 4.79 Å². The van der Waals surface area contributed by atoms with Crippen molar-refractivity contribution in [1.82, 2.24) is 4.90 Å². The van der Waals surface area contributed by atoms with E-state index in [1.807, 2.05) is 56.0 Å². The number of nitrogens with zero attached hydrogens (tertiary/aromatic N) is 1. The molecular weight excluding hydrogens is 274 g/mol. The number of likely N-dealkylation sites (tertiary alicyclic amines) is 1. The molecule has 1 heterocycles. The second kappa shape index (κ2) is 7.35. The number of rotatable bonds is 1. The van der Waals surface area contributed by atoms with Gasteiger partial charge in [0.05, 0.1) is 0 Å². The summed E-state index contributed by atoms with van der Waals surface area (Å²) in [7, 11) is 0. The van der Waals surface area contributed by atoms with Crippen molar-refractivity contribution in [1.29, 1.82) is 0 Å². The number of carbonyl (C=O) groups excluding carboxylic acids is 1. The summed E-state index contributed by atoms with van der Waals surface area (Å²) in [4.78, 5) is 13.8. The molecule has 1 aromatic rings. The Morgan fingerprint density at radius 2 is 1.86 bits per heavy atom. The summed E-state index contributed by atoms with van der Waals surface area (Å²) in [6, 6.07) is 10.1. The molecule has 1 fully saturated rings. The van der Waals surface area contributed by atoms with Crippen LogP contribution in [0.5, 0.6) is 0 Å². The third-order valence-electron chi connectivity index (χ3n) is 3.66. The normalized spacial score (nSPS) is 15.9. The summed E-state index contributed by atoms with van der Waals surface area (Å²) in [6.07, 6.45) is 2.71. The lowest BCUT2D eigenvalue weighted by molar-refractivity contribution is 0.0185. The van der Waals surface area contributed by atoms with E-state index in [4.69, 9.17) is 4.74 Å². The van der Waals surface area contributed by atoms with Gasteiger partial charge in [0.1, 0.15) is 5.60 Å². The number of piperidine rings is 1. The molecule has 0 saturated carbocycles. The molecule has 0 bridgehead atoms. The molecule has 0 atom stereocenters. The quantitative estimate of drug-likeness (QED) is 0.731. The number of hydrogen-bond acceptors (Lipinski definition) is 2. The van der Waals surface area contributed by atoms with E-state index in [1.54, 1.807) is 0 Å². The minimum atomic E-state index is -0.422. The molecule has 1 saturated heterocycles. The van der Waals surface area contributed by atoms with E-state index in [0.717, 1.165) is 37.9 Å². The standard InChI is InChI=1S/C19H25NO2/c1-19(2,3)22-18(21)20-14-12-17(13-15-20)11-7-10-16-8-5-4-6-9-16/h4-6,8-9,17H,11-15H2,1-3H3. The van der Waals surface area contributed by atoms with Crippen molar-refractivity contribution in [2.24, 2.45) is 5.92 Å². The van der Waals surface area contributed by atoms with Gasteiger partial charge in [-0.3, -0.25) is 0 Å². The zero-order valence-electron chi connectivity index (χ0n) is 13.8. The van der Waals surface area contributed by atoms with Crippen molar-refractivity contribution in [2.45, 2.75) is 45.6 Å². The lowest BCUT2D eigenvalue weighted by atomic mass is 9.94. The van der Waals surface area contributed by atoms with Gasteiger partial charge in [-0.05, 0) is 51.7 Å². The van der Waals surface area contributed by atoms with E-state index in [-0.39, 0.29) is 6.09 Å². The van der Waals surface area contributed by atoms with Gasteiger partial charge in [-0.2, -0.15) is 0 Å². The van der Waals surface area contributed by atoms with E-state index >= 15 is 0 Å². The maximum Gasteiger partial charge on any atom is 0.410 e. The molecule has 1 aliphatic heterocycles. The van der Waals surface area contributed by atoms with Crippen LogP contribution >= 0.6 is 0 Å².